The largest absolute Gasteiger partial charge is 0.444 e. The van der Waals surface area contributed by atoms with Gasteiger partial charge in [0.05, 0.1) is 19.5 Å². The standard InChI is InChI=1S/C26H37N3O5S/c1-35(31,32)28-16-19-4-2-3-5-24(19)26(18-28)9-11-27(12-10-26)22-14-20-6-7-21(15-22)29(20)25(30)34-23-8-13-33-17-23/h2-5,20-23H,6-18H2,1H3/t20?,21?,22?,23-/m1/s1. The van der Waals surface area contributed by atoms with Crippen molar-refractivity contribution >= 4 is 16.1 Å². The first-order valence-electron chi connectivity index (χ1n) is 13.2. The van der Waals surface area contributed by atoms with Gasteiger partial charge in [-0.1, -0.05) is 24.3 Å². The Morgan fingerprint density at radius 2 is 1.77 bits per heavy atom. The number of nitrogens with zero attached hydrogens (tertiary/aromatic N) is 3. The number of piperidine rings is 2. The van der Waals surface area contributed by atoms with Crippen molar-refractivity contribution in [3.8, 4) is 0 Å². The zero-order valence-electron chi connectivity index (χ0n) is 20.6. The van der Waals surface area contributed by atoms with Crippen LogP contribution in [-0.2, 0) is 31.5 Å². The van der Waals surface area contributed by atoms with Gasteiger partial charge in [0.15, 0.2) is 0 Å². The number of hydrogen-bond donors (Lipinski definition) is 0. The Labute approximate surface area is 208 Å². The molecule has 5 aliphatic rings. The quantitative estimate of drug-likeness (QED) is 0.631. The molecule has 9 heteroatoms. The Balaban J connectivity index is 1.12. The summed E-state index contributed by atoms with van der Waals surface area (Å²) in [5.41, 5.74) is 2.38. The van der Waals surface area contributed by atoms with Gasteiger partial charge in [0.1, 0.15) is 6.10 Å². The van der Waals surface area contributed by atoms with Crippen molar-refractivity contribution in [1.82, 2.24) is 14.1 Å². The van der Waals surface area contributed by atoms with Gasteiger partial charge in [-0.3, -0.25) is 0 Å². The van der Waals surface area contributed by atoms with E-state index in [2.05, 4.69) is 23.1 Å². The highest BCUT2D eigenvalue weighted by molar-refractivity contribution is 7.88. The van der Waals surface area contributed by atoms with Crippen molar-refractivity contribution in [2.24, 2.45) is 0 Å². The van der Waals surface area contributed by atoms with E-state index in [1.54, 1.807) is 4.31 Å². The predicted molar refractivity (Wildman–Crippen MR) is 132 cm³/mol. The minimum Gasteiger partial charge on any atom is -0.444 e. The second kappa shape index (κ2) is 9.01. The van der Waals surface area contributed by atoms with E-state index in [0.29, 0.717) is 32.3 Å². The maximum atomic E-state index is 12.9. The summed E-state index contributed by atoms with van der Waals surface area (Å²) in [6.45, 7) is 4.20. The number of carbonyl (C=O) groups is 1. The van der Waals surface area contributed by atoms with Crippen LogP contribution in [0.25, 0.3) is 0 Å². The first-order valence-corrected chi connectivity index (χ1v) is 15.0. The molecule has 0 radical (unpaired) electrons. The summed E-state index contributed by atoms with van der Waals surface area (Å²) in [5, 5.41) is 0. The lowest BCUT2D eigenvalue weighted by Crippen LogP contribution is -2.57. The molecule has 8 nitrogen and oxygen atoms in total. The van der Waals surface area contributed by atoms with Crippen LogP contribution in [0, 0.1) is 0 Å². The summed E-state index contributed by atoms with van der Waals surface area (Å²) in [6.07, 6.45) is 7.96. The lowest BCUT2D eigenvalue weighted by Gasteiger charge is -2.51. The third-order valence-corrected chi connectivity index (χ3v) is 10.4. The Bertz CT molecular complexity index is 1050. The van der Waals surface area contributed by atoms with Crippen molar-refractivity contribution in [3.05, 3.63) is 35.4 Å². The number of rotatable bonds is 3. The van der Waals surface area contributed by atoms with Gasteiger partial charge in [-0.25, -0.2) is 13.2 Å². The predicted octanol–water partition coefficient (Wildman–Crippen LogP) is 2.72. The zero-order valence-corrected chi connectivity index (χ0v) is 21.4. The van der Waals surface area contributed by atoms with Crippen LogP contribution in [0.2, 0.25) is 0 Å². The van der Waals surface area contributed by atoms with Crippen LogP contribution in [0.4, 0.5) is 4.79 Å². The number of sulfonamides is 1. The van der Waals surface area contributed by atoms with Crippen molar-refractivity contribution in [3.63, 3.8) is 0 Å². The maximum absolute atomic E-state index is 12.9. The minimum atomic E-state index is -3.24. The summed E-state index contributed by atoms with van der Waals surface area (Å²) >= 11 is 0. The average molecular weight is 504 g/mol. The van der Waals surface area contributed by atoms with Gasteiger partial charge in [-0.2, -0.15) is 4.31 Å². The second-order valence-electron chi connectivity index (χ2n) is 11.3. The maximum Gasteiger partial charge on any atom is 0.410 e. The molecular formula is C26H37N3O5S. The Kier molecular flexibility index (Phi) is 6.10. The molecule has 2 bridgehead atoms. The highest BCUT2D eigenvalue weighted by Crippen LogP contribution is 2.45. The van der Waals surface area contributed by atoms with Crippen molar-refractivity contribution < 1.29 is 22.7 Å². The number of hydrogen-bond acceptors (Lipinski definition) is 6. The molecule has 6 rings (SSSR count). The smallest absolute Gasteiger partial charge is 0.410 e. The number of likely N-dealkylation sites (tertiary alicyclic amines) is 1. The van der Waals surface area contributed by atoms with E-state index in [-0.39, 0.29) is 29.7 Å². The third-order valence-electron chi connectivity index (χ3n) is 9.23. The van der Waals surface area contributed by atoms with Crippen LogP contribution in [0.15, 0.2) is 24.3 Å². The number of benzene rings is 1. The van der Waals surface area contributed by atoms with E-state index in [4.69, 9.17) is 9.47 Å². The molecule has 0 aliphatic carbocycles. The van der Waals surface area contributed by atoms with Crippen LogP contribution in [0.1, 0.15) is 56.1 Å². The third kappa shape index (κ3) is 4.38. The van der Waals surface area contributed by atoms with Crippen LogP contribution in [0.3, 0.4) is 0 Å². The summed E-state index contributed by atoms with van der Waals surface area (Å²) in [7, 11) is -3.24. The molecule has 4 fully saturated rings. The molecule has 2 unspecified atom stereocenters. The average Bonchev–Trinajstić information content (AvgIpc) is 3.44. The topological polar surface area (TPSA) is 79.4 Å². The fourth-order valence-corrected chi connectivity index (χ4v) is 8.23. The summed E-state index contributed by atoms with van der Waals surface area (Å²) in [4.78, 5) is 17.6. The molecule has 35 heavy (non-hydrogen) atoms. The molecule has 192 valence electrons. The Morgan fingerprint density at radius 3 is 2.43 bits per heavy atom. The number of carbonyl (C=O) groups excluding carboxylic acids is 1. The van der Waals surface area contributed by atoms with Gasteiger partial charge < -0.3 is 19.3 Å². The first kappa shape index (κ1) is 23.7. The minimum absolute atomic E-state index is 0.0946. The normalized spacial score (nSPS) is 33.1. The SMILES string of the molecule is CS(=O)(=O)N1Cc2ccccc2C2(CCN(C3CC4CCC(C3)N4C(=O)O[C@@H]3CCOC3)CC2)C1. The lowest BCUT2D eigenvalue weighted by molar-refractivity contribution is 0.00744. The van der Waals surface area contributed by atoms with E-state index in [9.17, 15) is 13.2 Å². The Morgan fingerprint density at radius 1 is 1.06 bits per heavy atom. The van der Waals surface area contributed by atoms with Gasteiger partial charge in [0.2, 0.25) is 10.0 Å². The van der Waals surface area contributed by atoms with Crippen molar-refractivity contribution in [1.29, 1.82) is 0 Å². The van der Waals surface area contributed by atoms with E-state index in [1.165, 1.54) is 11.8 Å². The molecule has 1 aromatic rings. The van der Waals surface area contributed by atoms with Gasteiger partial charge >= 0.3 is 6.09 Å². The molecule has 1 aromatic carbocycles. The number of fused-ring (bicyclic) bond motifs is 4. The van der Waals surface area contributed by atoms with Crippen molar-refractivity contribution in [2.75, 3.05) is 39.1 Å². The van der Waals surface area contributed by atoms with Crippen LogP contribution in [0.5, 0.6) is 0 Å². The lowest BCUT2D eigenvalue weighted by atomic mass is 9.69. The fourth-order valence-electron chi connectivity index (χ4n) is 7.38. The van der Waals surface area contributed by atoms with Gasteiger partial charge in [0, 0.05) is 43.1 Å². The molecule has 0 saturated carbocycles. The van der Waals surface area contributed by atoms with Gasteiger partial charge in [-0.05, 0) is 62.7 Å². The fraction of sp³-hybridized carbons (Fsp3) is 0.731. The molecule has 4 saturated heterocycles. The van der Waals surface area contributed by atoms with Gasteiger partial charge in [0.25, 0.3) is 0 Å². The Hall–Kier alpha value is -1.68. The van der Waals surface area contributed by atoms with E-state index in [1.807, 2.05) is 11.0 Å². The van der Waals surface area contributed by atoms with E-state index in [0.717, 1.165) is 63.6 Å². The second-order valence-corrected chi connectivity index (χ2v) is 13.3. The highest BCUT2D eigenvalue weighted by Gasteiger charge is 2.49. The monoisotopic (exact) mass is 503 g/mol. The van der Waals surface area contributed by atoms with E-state index < -0.39 is 10.0 Å². The first-order chi connectivity index (χ1) is 16.8. The molecule has 0 aromatic heterocycles. The van der Waals surface area contributed by atoms with E-state index >= 15 is 0 Å². The summed E-state index contributed by atoms with van der Waals surface area (Å²) < 4.78 is 37.7. The molecule has 1 amide bonds. The molecule has 5 aliphatic heterocycles. The molecule has 1 spiro atoms. The highest BCUT2D eigenvalue weighted by atomic mass is 32.2. The molecule has 0 N–H and O–H groups in total. The van der Waals surface area contributed by atoms with Crippen LogP contribution < -0.4 is 0 Å². The molecule has 3 atom stereocenters. The number of amides is 1. The molecule has 5 heterocycles. The summed E-state index contributed by atoms with van der Waals surface area (Å²) in [5.74, 6) is 0. The summed E-state index contributed by atoms with van der Waals surface area (Å²) in [6, 6.07) is 9.42. The zero-order chi connectivity index (χ0) is 24.2. The van der Waals surface area contributed by atoms with Crippen molar-refractivity contribution in [2.45, 2.75) is 81.1 Å². The number of ether oxygens (including phenoxy) is 2. The molecular weight excluding hydrogens is 466 g/mol. The van der Waals surface area contributed by atoms with Crippen LogP contribution in [-0.4, -0.2) is 91.9 Å². The van der Waals surface area contributed by atoms with Gasteiger partial charge in [-0.15, -0.1) is 0 Å². The van der Waals surface area contributed by atoms with Crippen LogP contribution >= 0.6 is 0 Å².